The molecular weight excluding hydrogens is 737 g/mol. The molecule has 330 valence electrons. The largest absolute Gasteiger partial charge is 0.472 e. The fourth-order valence-corrected chi connectivity index (χ4v) is 6.74. The van der Waals surface area contributed by atoms with Crippen LogP contribution in [-0.2, 0) is 32.7 Å². The molecule has 9 nitrogen and oxygen atoms in total. The van der Waals surface area contributed by atoms with Crippen LogP contribution in [0.25, 0.3) is 0 Å². The van der Waals surface area contributed by atoms with E-state index < -0.39 is 32.5 Å². The molecular formula is C47H84NO8P. The molecule has 0 aromatic carbocycles. The summed E-state index contributed by atoms with van der Waals surface area (Å²) < 4.78 is 32.7. The van der Waals surface area contributed by atoms with Gasteiger partial charge in [0.25, 0.3) is 0 Å². The number of nitrogens with two attached hydrogens (primary N) is 1. The lowest BCUT2D eigenvalue weighted by molar-refractivity contribution is -0.161. The summed E-state index contributed by atoms with van der Waals surface area (Å²) in [6.07, 6.45) is 51.2. The lowest BCUT2D eigenvalue weighted by Crippen LogP contribution is -2.29. The van der Waals surface area contributed by atoms with Gasteiger partial charge >= 0.3 is 19.8 Å². The number of phosphoric acid groups is 1. The second-order valence-electron chi connectivity index (χ2n) is 14.9. The second kappa shape index (κ2) is 43.3. The molecule has 0 aliphatic rings. The Morgan fingerprint density at radius 3 is 1.42 bits per heavy atom. The Kier molecular flexibility index (Phi) is 41.6. The maximum Gasteiger partial charge on any atom is 0.472 e. The molecule has 10 heteroatoms. The molecule has 0 saturated heterocycles. The van der Waals surface area contributed by atoms with Crippen molar-refractivity contribution in [2.24, 2.45) is 5.73 Å². The van der Waals surface area contributed by atoms with E-state index in [1.807, 2.05) is 6.08 Å². The predicted molar refractivity (Wildman–Crippen MR) is 238 cm³/mol. The first-order chi connectivity index (χ1) is 27.8. The first-order valence-corrected chi connectivity index (χ1v) is 24.3. The second-order valence-corrected chi connectivity index (χ2v) is 16.4. The SMILES string of the molecule is CCCCCCCC/C=C/CCCCCCCC(=O)OC[C@H](COP(=O)(O)OCCN)OC(=O)CCC/C=C/C/C=C/C/C=C/C/C=C/CCCCCCCCC. The number of carbonyl (C=O) groups is 2. The van der Waals surface area contributed by atoms with Crippen LogP contribution in [0.5, 0.6) is 0 Å². The number of hydrogen-bond donors (Lipinski definition) is 2. The average molecular weight is 822 g/mol. The van der Waals surface area contributed by atoms with Crippen LogP contribution in [0.3, 0.4) is 0 Å². The number of hydrogen-bond acceptors (Lipinski definition) is 8. The number of carbonyl (C=O) groups excluding carboxylic acids is 2. The summed E-state index contributed by atoms with van der Waals surface area (Å²) in [4.78, 5) is 34.9. The van der Waals surface area contributed by atoms with Gasteiger partial charge in [-0.3, -0.25) is 18.6 Å². The first-order valence-electron chi connectivity index (χ1n) is 22.8. The number of phosphoric ester groups is 1. The van der Waals surface area contributed by atoms with Gasteiger partial charge in [0.2, 0.25) is 0 Å². The molecule has 0 fully saturated rings. The molecule has 3 N–H and O–H groups in total. The van der Waals surface area contributed by atoms with Gasteiger partial charge in [0.1, 0.15) is 6.61 Å². The van der Waals surface area contributed by atoms with Crippen molar-refractivity contribution >= 4 is 19.8 Å². The van der Waals surface area contributed by atoms with E-state index >= 15 is 0 Å². The quantitative estimate of drug-likeness (QED) is 0.0267. The summed E-state index contributed by atoms with van der Waals surface area (Å²) in [5, 5.41) is 0. The Morgan fingerprint density at radius 1 is 0.526 bits per heavy atom. The molecule has 0 amide bonds. The Bertz CT molecular complexity index is 1120. The molecule has 0 heterocycles. The third-order valence-corrected chi connectivity index (χ3v) is 10.4. The minimum Gasteiger partial charge on any atom is -0.462 e. The third-order valence-electron chi connectivity index (χ3n) is 9.38. The molecule has 0 aromatic heterocycles. The van der Waals surface area contributed by atoms with Crippen molar-refractivity contribution in [2.75, 3.05) is 26.4 Å². The van der Waals surface area contributed by atoms with E-state index in [0.29, 0.717) is 19.3 Å². The van der Waals surface area contributed by atoms with Crippen LogP contribution in [0, 0.1) is 0 Å². The number of ether oxygens (including phenoxy) is 2. The zero-order chi connectivity index (χ0) is 41.8. The number of allylic oxidation sites excluding steroid dienone is 10. The minimum atomic E-state index is -4.40. The molecule has 0 aromatic rings. The highest BCUT2D eigenvalue weighted by atomic mass is 31.2. The average Bonchev–Trinajstić information content (AvgIpc) is 3.20. The van der Waals surface area contributed by atoms with E-state index in [1.165, 1.54) is 96.3 Å². The Hall–Kier alpha value is -2.29. The summed E-state index contributed by atoms with van der Waals surface area (Å²) in [7, 11) is -4.40. The van der Waals surface area contributed by atoms with Crippen LogP contribution in [0.2, 0.25) is 0 Å². The van der Waals surface area contributed by atoms with Crippen molar-refractivity contribution in [1.82, 2.24) is 0 Å². The molecule has 0 radical (unpaired) electrons. The van der Waals surface area contributed by atoms with Crippen molar-refractivity contribution in [2.45, 2.75) is 200 Å². The number of unbranched alkanes of at least 4 members (excludes halogenated alkanes) is 19. The van der Waals surface area contributed by atoms with Gasteiger partial charge in [-0.2, -0.15) is 0 Å². The fraction of sp³-hybridized carbons (Fsp3) is 0.745. The Labute approximate surface area is 349 Å². The Balaban J connectivity index is 4.25. The summed E-state index contributed by atoms with van der Waals surface area (Å²) in [6.45, 7) is 3.65. The van der Waals surface area contributed by atoms with Crippen LogP contribution in [0.1, 0.15) is 194 Å². The summed E-state index contributed by atoms with van der Waals surface area (Å²) in [5.41, 5.74) is 5.35. The smallest absolute Gasteiger partial charge is 0.462 e. The van der Waals surface area contributed by atoms with Crippen molar-refractivity contribution in [3.63, 3.8) is 0 Å². The van der Waals surface area contributed by atoms with Gasteiger partial charge in [-0.15, -0.1) is 0 Å². The minimum absolute atomic E-state index is 0.0416. The van der Waals surface area contributed by atoms with Crippen LogP contribution in [0.4, 0.5) is 0 Å². The van der Waals surface area contributed by atoms with Gasteiger partial charge in [0.15, 0.2) is 6.10 Å². The zero-order valence-corrected chi connectivity index (χ0v) is 37.2. The van der Waals surface area contributed by atoms with Crippen LogP contribution >= 0.6 is 7.82 Å². The Morgan fingerprint density at radius 2 is 0.930 bits per heavy atom. The summed E-state index contributed by atoms with van der Waals surface area (Å²) in [5.74, 6) is -0.905. The van der Waals surface area contributed by atoms with Gasteiger partial charge in [0, 0.05) is 19.4 Å². The maximum atomic E-state index is 12.6. The molecule has 0 saturated carbocycles. The van der Waals surface area contributed by atoms with Crippen molar-refractivity contribution in [3.8, 4) is 0 Å². The highest BCUT2D eigenvalue weighted by molar-refractivity contribution is 7.47. The molecule has 57 heavy (non-hydrogen) atoms. The van der Waals surface area contributed by atoms with Gasteiger partial charge in [-0.25, -0.2) is 4.57 Å². The summed E-state index contributed by atoms with van der Waals surface area (Å²) in [6, 6.07) is 0. The van der Waals surface area contributed by atoms with Crippen molar-refractivity contribution in [3.05, 3.63) is 60.8 Å². The van der Waals surface area contributed by atoms with Crippen LogP contribution in [0.15, 0.2) is 60.8 Å². The lowest BCUT2D eigenvalue weighted by Gasteiger charge is -2.19. The van der Waals surface area contributed by atoms with Crippen LogP contribution in [-0.4, -0.2) is 49.3 Å². The van der Waals surface area contributed by atoms with Gasteiger partial charge in [0.05, 0.1) is 13.2 Å². The molecule has 1 unspecified atom stereocenters. The molecule has 0 aliphatic carbocycles. The fourth-order valence-electron chi connectivity index (χ4n) is 5.97. The van der Waals surface area contributed by atoms with Crippen LogP contribution < -0.4 is 5.73 Å². The van der Waals surface area contributed by atoms with Gasteiger partial charge < -0.3 is 20.1 Å². The van der Waals surface area contributed by atoms with E-state index in [-0.39, 0.29) is 32.6 Å². The molecule has 2 atom stereocenters. The van der Waals surface area contributed by atoms with E-state index in [0.717, 1.165) is 51.4 Å². The molecule has 0 rings (SSSR count). The molecule has 0 spiro atoms. The monoisotopic (exact) mass is 822 g/mol. The van der Waals surface area contributed by atoms with Gasteiger partial charge in [-0.1, -0.05) is 164 Å². The first kappa shape index (κ1) is 54.7. The highest BCUT2D eigenvalue weighted by Crippen LogP contribution is 2.43. The highest BCUT2D eigenvalue weighted by Gasteiger charge is 2.25. The number of rotatable bonds is 42. The van der Waals surface area contributed by atoms with Crippen molar-refractivity contribution < 1.29 is 37.6 Å². The summed E-state index contributed by atoms with van der Waals surface area (Å²) >= 11 is 0. The van der Waals surface area contributed by atoms with E-state index in [1.54, 1.807) is 0 Å². The standard InChI is InChI=1S/C47H84NO8P/c1-3-5-7-9-11-13-15-17-19-20-21-22-23-24-26-28-30-32-34-36-38-40-47(50)56-45(44-55-57(51,52)54-42-41-48)43-53-46(49)39-37-35-33-31-29-27-25-18-16-14-12-10-8-6-4-2/h18-20,22-23,25-26,28,32,34,45H,3-17,21,24,27,29-31,33,35-44,48H2,1-2H3,(H,51,52)/b20-19+,23-22+,25-18+,28-26+,34-32+/t45-/m1/s1. The van der Waals surface area contributed by atoms with E-state index in [2.05, 4.69) is 68.5 Å². The molecule has 0 aliphatic heterocycles. The zero-order valence-electron chi connectivity index (χ0n) is 36.3. The lowest BCUT2D eigenvalue weighted by atomic mass is 10.1. The van der Waals surface area contributed by atoms with E-state index in [4.69, 9.17) is 24.3 Å². The van der Waals surface area contributed by atoms with E-state index in [9.17, 15) is 19.0 Å². The number of esters is 2. The van der Waals surface area contributed by atoms with Crippen molar-refractivity contribution in [1.29, 1.82) is 0 Å². The van der Waals surface area contributed by atoms with Gasteiger partial charge in [-0.05, 0) is 77.0 Å². The third kappa shape index (κ3) is 43.1. The topological polar surface area (TPSA) is 134 Å². The molecule has 0 bridgehead atoms. The maximum absolute atomic E-state index is 12.6. The predicted octanol–water partition coefficient (Wildman–Crippen LogP) is 13.3. The normalized spacial score (nSPS) is 13.8.